The lowest BCUT2D eigenvalue weighted by atomic mass is 9.96. The summed E-state index contributed by atoms with van der Waals surface area (Å²) in [4.78, 5) is 5.02. The van der Waals surface area contributed by atoms with Gasteiger partial charge in [0.1, 0.15) is 0 Å². The second kappa shape index (κ2) is 4.83. The summed E-state index contributed by atoms with van der Waals surface area (Å²) in [7, 11) is 2.20. The highest BCUT2D eigenvalue weighted by Crippen LogP contribution is 2.45. The van der Waals surface area contributed by atoms with E-state index in [0.717, 1.165) is 19.4 Å². The molecule has 0 aromatic heterocycles. The predicted molar refractivity (Wildman–Crippen MR) is 74.3 cm³/mol. The molecular formula is C15H27N3. The SMILES string of the molecule is CN(CC1(C#N)CC1)C1CCN(C(C)(C)C)CC1. The van der Waals surface area contributed by atoms with Crippen LogP contribution in [0.1, 0.15) is 46.5 Å². The molecule has 102 valence electrons. The van der Waals surface area contributed by atoms with Crippen LogP contribution in [0.2, 0.25) is 0 Å². The molecule has 1 saturated heterocycles. The Bertz CT molecular complexity index is 325. The van der Waals surface area contributed by atoms with Gasteiger partial charge in [0.05, 0.1) is 11.5 Å². The van der Waals surface area contributed by atoms with Gasteiger partial charge in [-0.1, -0.05) is 0 Å². The molecule has 18 heavy (non-hydrogen) atoms. The first-order chi connectivity index (χ1) is 8.36. The first-order valence-corrected chi connectivity index (χ1v) is 7.23. The molecule has 2 rings (SSSR count). The van der Waals surface area contributed by atoms with Crippen molar-refractivity contribution in [1.29, 1.82) is 5.26 Å². The van der Waals surface area contributed by atoms with Crippen molar-refractivity contribution in [2.75, 3.05) is 26.7 Å². The highest BCUT2D eigenvalue weighted by atomic mass is 15.2. The maximum Gasteiger partial charge on any atom is 0.0703 e. The van der Waals surface area contributed by atoms with E-state index in [1.165, 1.54) is 25.9 Å². The van der Waals surface area contributed by atoms with E-state index in [9.17, 15) is 0 Å². The van der Waals surface area contributed by atoms with Gasteiger partial charge in [-0.25, -0.2) is 0 Å². The van der Waals surface area contributed by atoms with Crippen LogP contribution in [0.5, 0.6) is 0 Å². The Labute approximate surface area is 112 Å². The van der Waals surface area contributed by atoms with Crippen LogP contribution in [0.3, 0.4) is 0 Å². The van der Waals surface area contributed by atoms with Crippen molar-refractivity contribution in [3.8, 4) is 6.07 Å². The summed E-state index contributed by atoms with van der Waals surface area (Å²) in [5.41, 5.74) is 0.309. The van der Waals surface area contributed by atoms with E-state index in [-0.39, 0.29) is 5.41 Å². The molecule has 0 N–H and O–H groups in total. The topological polar surface area (TPSA) is 30.3 Å². The van der Waals surface area contributed by atoms with Crippen LogP contribution in [0.4, 0.5) is 0 Å². The van der Waals surface area contributed by atoms with E-state index in [4.69, 9.17) is 5.26 Å². The summed E-state index contributed by atoms with van der Waals surface area (Å²) in [5, 5.41) is 9.17. The fraction of sp³-hybridized carbons (Fsp3) is 0.933. The van der Waals surface area contributed by atoms with E-state index in [1.54, 1.807) is 0 Å². The summed E-state index contributed by atoms with van der Waals surface area (Å²) in [6.45, 7) is 10.3. The average Bonchev–Trinajstić information content (AvgIpc) is 3.08. The zero-order chi connectivity index (χ0) is 13.4. The van der Waals surface area contributed by atoms with Gasteiger partial charge in [-0.05, 0) is 53.5 Å². The molecule has 0 amide bonds. The number of nitriles is 1. The lowest BCUT2D eigenvalue weighted by Crippen LogP contribution is -2.50. The Hall–Kier alpha value is -0.590. The minimum absolute atomic E-state index is 0.00983. The summed E-state index contributed by atoms with van der Waals surface area (Å²) >= 11 is 0. The van der Waals surface area contributed by atoms with Crippen LogP contribution in [0, 0.1) is 16.7 Å². The van der Waals surface area contributed by atoms with Crippen molar-refractivity contribution >= 4 is 0 Å². The van der Waals surface area contributed by atoms with Crippen molar-refractivity contribution in [2.45, 2.75) is 58.0 Å². The number of rotatable bonds is 3. The fourth-order valence-corrected chi connectivity index (χ4v) is 3.04. The first kappa shape index (κ1) is 13.8. The van der Waals surface area contributed by atoms with Gasteiger partial charge in [0.25, 0.3) is 0 Å². The van der Waals surface area contributed by atoms with Crippen LogP contribution in [0.25, 0.3) is 0 Å². The van der Waals surface area contributed by atoms with Gasteiger partial charge < -0.3 is 4.90 Å². The van der Waals surface area contributed by atoms with E-state index >= 15 is 0 Å². The molecular weight excluding hydrogens is 222 g/mol. The number of likely N-dealkylation sites (tertiary alicyclic amines) is 1. The average molecular weight is 249 g/mol. The minimum atomic E-state index is 0.00983. The predicted octanol–water partition coefficient (Wildman–Crippen LogP) is 2.48. The lowest BCUT2D eigenvalue weighted by Gasteiger charge is -2.43. The molecule has 1 heterocycles. The van der Waals surface area contributed by atoms with E-state index < -0.39 is 0 Å². The van der Waals surface area contributed by atoms with Gasteiger partial charge in [-0.3, -0.25) is 4.90 Å². The van der Waals surface area contributed by atoms with Gasteiger partial charge in [-0.15, -0.1) is 0 Å². The summed E-state index contributed by atoms with van der Waals surface area (Å²) in [6.07, 6.45) is 4.70. The normalized spacial score (nSPS) is 25.1. The van der Waals surface area contributed by atoms with Crippen molar-refractivity contribution in [3.63, 3.8) is 0 Å². The zero-order valence-corrected chi connectivity index (χ0v) is 12.4. The Morgan fingerprint density at radius 1 is 1.28 bits per heavy atom. The molecule has 2 fully saturated rings. The standard InChI is InChI=1S/C15H27N3/c1-14(2,3)18-9-5-13(6-10-18)17(4)12-15(11-16)7-8-15/h13H,5-10,12H2,1-4H3. The molecule has 0 unspecified atom stereocenters. The molecule has 1 aliphatic heterocycles. The maximum atomic E-state index is 9.17. The van der Waals surface area contributed by atoms with Crippen LogP contribution < -0.4 is 0 Å². The highest BCUT2D eigenvalue weighted by Gasteiger charge is 2.45. The Morgan fingerprint density at radius 2 is 1.83 bits per heavy atom. The number of hydrogen-bond donors (Lipinski definition) is 0. The van der Waals surface area contributed by atoms with Crippen LogP contribution in [-0.2, 0) is 0 Å². The molecule has 0 bridgehead atoms. The third-order valence-electron chi connectivity index (χ3n) is 4.68. The Kier molecular flexibility index (Phi) is 3.71. The van der Waals surface area contributed by atoms with Gasteiger partial charge in [-0.2, -0.15) is 5.26 Å². The minimum Gasteiger partial charge on any atom is -0.302 e. The van der Waals surface area contributed by atoms with Gasteiger partial charge in [0, 0.05) is 31.2 Å². The van der Waals surface area contributed by atoms with Crippen molar-refractivity contribution in [2.24, 2.45) is 5.41 Å². The molecule has 0 aromatic carbocycles. The van der Waals surface area contributed by atoms with Gasteiger partial charge in [0.2, 0.25) is 0 Å². The van der Waals surface area contributed by atoms with Crippen LogP contribution in [-0.4, -0.2) is 48.1 Å². The van der Waals surface area contributed by atoms with Crippen LogP contribution >= 0.6 is 0 Å². The summed E-state index contributed by atoms with van der Waals surface area (Å²) in [6, 6.07) is 3.18. The quantitative estimate of drug-likeness (QED) is 0.770. The zero-order valence-electron chi connectivity index (χ0n) is 12.4. The smallest absolute Gasteiger partial charge is 0.0703 e. The molecule has 1 aliphatic carbocycles. The largest absolute Gasteiger partial charge is 0.302 e. The van der Waals surface area contributed by atoms with Gasteiger partial charge in [0.15, 0.2) is 0 Å². The second-order valence-electron chi connectivity index (χ2n) is 7.20. The number of hydrogen-bond acceptors (Lipinski definition) is 3. The van der Waals surface area contributed by atoms with Crippen molar-refractivity contribution < 1.29 is 0 Å². The maximum absolute atomic E-state index is 9.17. The van der Waals surface area contributed by atoms with E-state index in [2.05, 4.69) is 43.7 Å². The number of nitrogens with zero attached hydrogens (tertiary/aromatic N) is 3. The van der Waals surface area contributed by atoms with Crippen molar-refractivity contribution in [1.82, 2.24) is 9.80 Å². The van der Waals surface area contributed by atoms with Crippen molar-refractivity contribution in [3.05, 3.63) is 0 Å². The third-order valence-corrected chi connectivity index (χ3v) is 4.68. The van der Waals surface area contributed by atoms with E-state index in [0.29, 0.717) is 11.6 Å². The second-order valence-corrected chi connectivity index (χ2v) is 7.20. The molecule has 2 aliphatic rings. The van der Waals surface area contributed by atoms with E-state index in [1.807, 2.05) is 0 Å². The Balaban J connectivity index is 1.81. The summed E-state index contributed by atoms with van der Waals surface area (Å²) in [5.74, 6) is 0. The first-order valence-electron chi connectivity index (χ1n) is 7.23. The molecule has 0 aromatic rings. The number of piperidine rings is 1. The monoisotopic (exact) mass is 249 g/mol. The molecule has 3 heteroatoms. The van der Waals surface area contributed by atoms with Gasteiger partial charge >= 0.3 is 0 Å². The third kappa shape index (κ3) is 3.05. The summed E-state index contributed by atoms with van der Waals surface area (Å²) < 4.78 is 0. The Morgan fingerprint density at radius 3 is 2.22 bits per heavy atom. The molecule has 0 radical (unpaired) electrons. The molecule has 0 spiro atoms. The molecule has 1 saturated carbocycles. The van der Waals surface area contributed by atoms with Crippen LogP contribution in [0.15, 0.2) is 0 Å². The molecule has 3 nitrogen and oxygen atoms in total. The fourth-order valence-electron chi connectivity index (χ4n) is 3.04. The highest BCUT2D eigenvalue weighted by molar-refractivity contribution is 5.11. The lowest BCUT2D eigenvalue weighted by molar-refractivity contribution is 0.0616. The molecule has 0 atom stereocenters.